The number of nitrogens with zero attached hydrogens (tertiary/aromatic N) is 1. The Morgan fingerprint density at radius 3 is 2.81 bits per heavy atom. The minimum Gasteiger partial charge on any atom is -0.316 e. The molecular formula is C12H24N2OS. The lowest BCUT2D eigenvalue weighted by molar-refractivity contribution is 0.271. The molecule has 1 atom stereocenters. The Balaban J connectivity index is 1.55. The zero-order valence-electron chi connectivity index (χ0n) is 10.1. The molecular weight excluding hydrogens is 220 g/mol. The topological polar surface area (TPSA) is 32.3 Å². The largest absolute Gasteiger partial charge is 0.316 e. The summed E-state index contributed by atoms with van der Waals surface area (Å²) in [6.45, 7) is 5.76. The molecule has 0 aromatic carbocycles. The quantitative estimate of drug-likeness (QED) is 0.795. The van der Waals surface area contributed by atoms with Gasteiger partial charge >= 0.3 is 0 Å². The second-order valence-electron chi connectivity index (χ2n) is 5.04. The Bertz CT molecular complexity index is 219. The molecule has 4 heteroatoms. The van der Waals surface area contributed by atoms with E-state index < -0.39 is 10.8 Å². The van der Waals surface area contributed by atoms with Crippen molar-refractivity contribution in [2.75, 3.05) is 44.2 Å². The number of nitrogens with one attached hydrogen (secondary N) is 1. The molecule has 16 heavy (non-hydrogen) atoms. The molecule has 0 amide bonds. The van der Waals surface area contributed by atoms with Crippen LogP contribution in [-0.4, -0.2) is 53.3 Å². The van der Waals surface area contributed by atoms with Crippen molar-refractivity contribution in [3.8, 4) is 0 Å². The minimum absolute atomic E-state index is 0.522. The highest BCUT2D eigenvalue weighted by Gasteiger charge is 2.16. The predicted molar refractivity (Wildman–Crippen MR) is 69.1 cm³/mol. The predicted octanol–water partition coefficient (Wildman–Crippen LogP) is 0.831. The Labute approximate surface area is 101 Å². The van der Waals surface area contributed by atoms with E-state index >= 15 is 0 Å². The lowest BCUT2D eigenvalue weighted by Gasteiger charge is -2.27. The standard InChI is InChI=1S/C12H24N2OS/c15-16-9-7-14(8-10-16)6-2-4-12-3-1-5-13-11-12/h12-13H,1-11H2. The molecule has 2 fully saturated rings. The molecule has 3 nitrogen and oxygen atoms in total. The van der Waals surface area contributed by atoms with Gasteiger partial charge in [-0.3, -0.25) is 4.21 Å². The Morgan fingerprint density at radius 2 is 2.12 bits per heavy atom. The summed E-state index contributed by atoms with van der Waals surface area (Å²) < 4.78 is 11.2. The molecule has 1 unspecified atom stereocenters. The first-order valence-corrected chi connectivity index (χ1v) is 8.11. The molecule has 94 valence electrons. The molecule has 0 bridgehead atoms. The van der Waals surface area contributed by atoms with E-state index in [0.29, 0.717) is 0 Å². The van der Waals surface area contributed by atoms with Gasteiger partial charge in [0, 0.05) is 35.4 Å². The second kappa shape index (κ2) is 6.72. The number of hydrogen-bond acceptors (Lipinski definition) is 3. The monoisotopic (exact) mass is 244 g/mol. The average Bonchev–Trinajstić information content (AvgIpc) is 2.33. The highest BCUT2D eigenvalue weighted by molar-refractivity contribution is 7.85. The summed E-state index contributed by atoms with van der Waals surface area (Å²) >= 11 is 0. The summed E-state index contributed by atoms with van der Waals surface area (Å²) in [5, 5.41) is 3.48. The highest BCUT2D eigenvalue weighted by atomic mass is 32.2. The molecule has 2 saturated heterocycles. The average molecular weight is 244 g/mol. The smallest absolute Gasteiger partial charge is 0.0363 e. The van der Waals surface area contributed by atoms with Crippen molar-refractivity contribution in [3.63, 3.8) is 0 Å². The SMILES string of the molecule is O=S1CCN(CCCC2CCCNC2)CC1. The van der Waals surface area contributed by atoms with Gasteiger partial charge in [-0.2, -0.15) is 0 Å². The fourth-order valence-corrected chi connectivity index (χ4v) is 3.80. The molecule has 0 aromatic rings. The van der Waals surface area contributed by atoms with Crippen molar-refractivity contribution in [2.45, 2.75) is 25.7 Å². The molecule has 2 aliphatic heterocycles. The fourth-order valence-electron chi connectivity index (χ4n) is 2.67. The maximum absolute atomic E-state index is 11.2. The van der Waals surface area contributed by atoms with Crippen molar-refractivity contribution < 1.29 is 4.21 Å². The van der Waals surface area contributed by atoms with E-state index in [1.165, 1.54) is 45.3 Å². The van der Waals surface area contributed by atoms with Crippen LogP contribution in [0, 0.1) is 5.92 Å². The van der Waals surface area contributed by atoms with Gasteiger partial charge < -0.3 is 10.2 Å². The van der Waals surface area contributed by atoms with Gasteiger partial charge in [-0.1, -0.05) is 0 Å². The van der Waals surface area contributed by atoms with Crippen LogP contribution in [0.15, 0.2) is 0 Å². The number of rotatable bonds is 4. The summed E-state index contributed by atoms with van der Waals surface area (Å²) in [5.41, 5.74) is 0. The van der Waals surface area contributed by atoms with Crippen LogP contribution in [0.4, 0.5) is 0 Å². The Kier molecular flexibility index (Phi) is 5.26. The van der Waals surface area contributed by atoms with Crippen LogP contribution in [-0.2, 0) is 10.8 Å². The van der Waals surface area contributed by atoms with Gasteiger partial charge in [-0.15, -0.1) is 0 Å². The number of hydrogen-bond donors (Lipinski definition) is 1. The second-order valence-corrected chi connectivity index (χ2v) is 6.74. The Hall–Kier alpha value is 0.0700. The van der Waals surface area contributed by atoms with Crippen molar-refractivity contribution >= 4 is 10.8 Å². The van der Waals surface area contributed by atoms with Crippen LogP contribution in [0.1, 0.15) is 25.7 Å². The maximum Gasteiger partial charge on any atom is 0.0363 e. The molecule has 2 heterocycles. The number of piperidine rings is 1. The van der Waals surface area contributed by atoms with Gasteiger partial charge in [0.1, 0.15) is 0 Å². The zero-order valence-corrected chi connectivity index (χ0v) is 10.9. The summed E-state index contributed by atoms with van der Waals surface area (Å²) in [6.07, 6.45) is 5.45. The minimum atomic E-state index is -0.522. The van der Waals surface area contributed by atoms with Crippen LogP contribution in [0.5, 0.6) is 0 Å². The molecule has 0 aliphatic carbocycles. The molecule has 0 aromatic heterocycles. The van der Waals surface area contributed by atoms with Gasteiger partial charge in [0.25, 0.3) is 0 Å². The van der Waals surface area contributed by atoms with Crippen LogP contribution in [0.2, 0.25) is 0 Å². The van der Waals surface area contributed by atoms with E-state index in [1.54, 1.807) is 0 Å². The summed E-state index contributed by atoms with van der Waals surface area (Å²) in [7, 11) is -0.522. The van der Waals surface area contributed by atoms with Gasteiger partial charge in [0.15, 0.2) is 0 Å². The normalized spacial score (nSPS) is 29.4. The zero-order chi connectivity index (χ0) is 11.2. The van der Waals surface area contributed by atoms with E-state index in [0.717, 1.165) is 30.5 Å². The van der Waals surface area contributed by atoms with E-state index in [1.807, 2.05) is 0 Å². The lowest BCUT2D eigenvalue weighted by atomic mass is 9.95. The molecule has 0 saturated carbocycles. The van der Waals surface area contributed by atoms with Crippen LogP contribution in [0.25, 0.3) is 0 Å². The van der Waals surface area contributed by atoms with Crippen molar-refractivity contribution in [3.05, 3.63) is 0 Å². The third-order valence-corrected chi connectivity index (χ3v) is 5.03. The third kappa shape index (κ3) is 4.15. The maximum atomic E-state index is 11.2. The van der Waals surface area contributed by atoms with Gasteiger partial charge in [0.05, 0.1) is 0 Å². The van der Waals surface area contributed by atoms with Gasteiger partial charge in [-0.25, -0.2) is 0 Å². The first kappa shape index (κ1) is 12.5. The van der Waals surface area contributed by atoms with Gasteiger partial charge in [-0.05, 0) is 51.2 Å². The fraction of sp³-hybridized carbons (Fsp3) is 1.00. The first-order valence-electron chi connectivity index (χ1n) is 6.62. The molecule has 2 rings (SSSR count). The van der Waals surface area contributed by atoms with Crippen molar-refractivity contribution in [2.24, 2.45) is 5.92 Å². The van der Waals surface area contributed by atoms with Gasteiger partial charge in [0.2, 0.25) is 0 Å². The van der Waals surface area contributed by atoms with Crippen LogP contribution in [0.3, 0.4) is 0 Å². The molecule has 0 radical (unpaired) electrons. The first-order chi connectivity index (χ1) is 7.84. The summed E-state index contributed by atoms with van der Waals surface area (Å²) in [6, 6.07) is 0. The van der Waals surface area contributed by atoms with Crippen molar-refractivity contribution in [1.82, 2.24) is 10.2 Å². The molecule has 0 spiro atoms. The lowest BCUT2D eigenvalue weighted by Crippen LogP contribution is -2.38. The molecule has 1 N–H and O–H groups in total. The Morgan fingerprint density at radius 1 is 1.31 bits per heavy atom. The van der Waals surface area contributed by atoms with Crippen LogP contribution >= 0.6 is 0 Å². The highest BCUT2D eigenvalue weighted by Crippen LogP contribution is 2.16. The van der Waals surface area contributed by atoms with Crippen molar-refractivity contribution in [1.29, 1.82) is 0 Å². The van der Waals surface area contributed by atoms with E-state index in [4.69, 9.17) is 0 Å². The van der Waals surface area contributed by atoms with E-state index in [9.17, 15) is 4.21 Å². The summed E-state index contributed by atoms with van der Waals surface area (Å²) in [5.74, 6) is 2.70. The van der Waals surface area contributed by atoms with Crippen LogP contribution < -0.4 is 5.32 Å². The van der Waals surface area contributed by atoms with E-state index in [-0.39, 0.29) is 0 Å². The third-order valence-electron chi connectivity index (χ3n) is 3.76. The van der Waals surface area contributed by atoms with E-state index in [2.05, 4.69) is 10.2 Å². The molecule has 2 aliphatic rings. The summed E-state index contributed by atoms with van der Waals surface area (Å²) in [4.78, 5) is 2.48.